The van der Waals surface area contributed by atoms with E-state index in [2.05, 4.69) is 15.3 Å². The average Bonchev–Trinajstić information content (AvgIpc) is 2.15. The summed E-state index contributed by atoms with van der Waals surface area (Å²) in [6.45, 7) is 2.54. The molecule has 0 aliphatic rings. The Hall–Kier alpha value is -1.36. The standard InChI is InChI=1S/C9H16N4O/c1-7(14)3-2-4-11-9-12-5-8(10)6-13-9/h5-7,14H,2-4,10H2,1H3,(H,11,12,13). The van der Waals surface area contributed by atoms with Gasteiger partial charge in [0.25, 0.3) is 0 Å². The van der Waals surface area contributed by atoms with Crippen molar-refractivity contribution in [2.75, 3.05) is 17.6 Å². The molecule has 1 unspecified atom stereocenters. The number of nitrogens with zero attached hydrogens (tertiary/aromatic N) is 2. The van der Waals surface area contributed by atoms with Crippen LogP contribution in [-0.4, -0.2) is 27.7 Å². The van der Waals surface area contributed by atoms with E-state index < -0.39 is 0 Å². The number of nitrogens with one attached hydrogen (secondary N) is 1. The Balaban J connectivity index is 2.21. The van der Waals surface area contributed by atoms with Gasteiger partial charge in [-0.2, -0.15) is 0 Å². The summed E-state index contributed by atoms with van der Waals surface area (Å²) in [5.41, 5.74) is 5.99. The molecular weight excluding hydrogens is 180 g/mol. The molecule has 0 spiro atoms. The molecule has 1 heterocycles. The van der Waals surface area contributed by atoms with Crippen LogP contribution in [0.2, 0.25) is 0 Å². The van der Waals surface area contributed by atoms with Crippen LogP contribution >= 0.6 is 0 Å². The minimum atomic E-state index is -0.246. The molecule has 14 heavy (non-hydrogen) atoms. The molecule has 5 nitrogen and oxygen atoms in total. The maximum absolute atomic E-state index is 9.01. The number of nitrogens with two attached hydrogens (primary N) is 1. The molecule has 0 fully saturated rings. The lowest BCUT2D eigenvalue weighted by Gasteiger charge is -2.05. The average molecular weight is 196 g/mol. The van der Waals surface area contributed by atoms with Crippen LogP contribution in [0.3, 0.4) is 0 Å². The molecule has 0 aromatic carbocycles. The van der Waals surface area contributed by atoms with Gasteiger partial charge >= 0.3 is 0 Å². The minimum absolute atomic E-state index is 0.246. The number of anilines is 2. The Morgan fingerprint density at radius 3 is 2.71 bits per heavy atom. The summed E-state index contributed by atoms with van der Waals surface area (Å²) < 4.78 is 0. The topological polar surface area (TPSA) is 84.1 Å². The number of aliphatic hydroxyl groups is 1. The van der Waals surface area contributed by atoms with Crippen molar-refractivity contribution in [2.45, 2.75) is 25.9 Å². The second-order valence-electron chi connectivity index (χ2n) is 3.26. The van der Waals surface area contributed by atoms with Crippen LogP contribution in [0.25, 0.3) is 0 Å². The number of nitrogen functional groups attached to an aromatic ring is 1. The van der Waals surface area contributed by atoms with E-state index in [1.807, 2.05) is 0 Å². The van der Waals surface area contributed by atoms with Crippen LogP contribution in [-0.2, 0) is 0 Å². The summed E-state index contributed by atoms with van der Waals surface area (Å²) in [5, 5.41) is 12.0. The van der Waals surface area contributed by atoms with Gasteiger partial charge in [-0.3, -0.25) is 0 Å². The molecule has 1 aromatic heterocycles. The molecule has 4 N–H and O–H groups in total. The first-order valence-electron chi connectivity index (χ1n) is 4.68. The zero-order valence-corrected chi connectivity index (χ0v) is 8.27. The first-order valence-corrected chi connectivity index (χ1v) is 4.68. The zero-order valence-electron chi connectivity index (χ0n) is 8.27. The van der Waals surface area contributed by atoms with Crippen LogP contribution in [0.4, 0.5) is 11.6 Å². The highest BCUT2D eigenvalue weighted by molar-refractivity contribution is 5.35. The molecule has 0 saturated heterocycles. The molecule has 0 amide bonds. The lowest BCUT2D eigenvalue weighted by Crippen LogP contribution is -2.08. The molecule has 0 radical (unpaired) electrons. The van der Waals surface area contributed by atoms with Crippen molar-refractivity contribution in [3.8, 4) is 0 Å². The van der Waals surface area contributed by atoms with Crippen LogP contribution in [0.15, 0.2) is 12.4 Å². The van der Waals surface area contributed by atoms with Crippen molar-refractivity contribution < 1.29 is 5.11 Å². The third-order valence-corrected chi connectivity index (χ3v) is 1.75. The second kappa shape index (κ2) is 5.39. The smallest absolute Gasteiger partial charge is 0.222 e. The van der Waals surface area contributed by atoms with Crippen LogP contribution in [0.1, 0.15) is 19.8 Å². The summed E-state index contributed by atoms with van der Waals surface area (Å²) in [5.74, 6) is 0.574. The Labute approximate surface area is 83.4 Å². The number of hydrogen-bond donors (Lipinski definition) is 3. The van der Waals surface area contributed by atoms with E-state index in [4.69, 9.17) is 10.8 Å². The van der Waals surface area contributed by atoms with E-state index in [-0.39, 0.29) is 6.10 Å². The molecule has 0 bridgehead atoms. The van der Waals surface area contributed by atoms with Gasteiger partial charge in [0.15, 0.2) is 0 Å². The summed E-state index contributed by atoms with van der Waals surface area (Å²) in [4.78, 5) is 7.97. The Morgan fingerprint density at radius 1 is 1.50 bits per heavy atom. The highest BCUT2D eigenvalue weighted by Gasteiger charge is 1.97. The van der Waals surface area contributed by atoms with Crippen molar-refractivity contribution in [2.24, 2.45) is 0 Å². The predicted molar refractivity (Wildman–Crippen MR) is 55.8 cm³/mol. The molecule has 78 valence electrons. The number of rotatable bonds is 5. The van der Waals surface area contributed by atoms with Crippen LogP contribution < -0.4 is 11.1 Å². The Bertz CT molecular complexity index is 260. The van der Waals surface area contributed by atoms with Gasteiger partial charge in [-0.05, 0) is 19.8 Å². The minimum Gasteiger partial charge on any atom is -0.396 e. The zero-order chi connectivity index (χ0) is 10.4. The van der Waals surface area contributed by atoms with Gasteiger partial charge in [-0.1, -0.05) is 0 Å². The third kappa shape index (κ3) is 4.04. The summed E-state index contributed by atoms with van der Waals surface area (Å²) in [7, 11) is 0. The van der Waals surface area contributed by atoms with E-state index in [0.717, 1.165) is 19.4 Å². The molecule has 0 aliphatic heterocycles. The largest absolute Gasteiger partial charge is 0.396 e. The molecule has 1 atom stereocenters. The van der Waals surface area contributed by atoms with Crippen molar-refractivity contribution in [1.82, 2.24) is 9.97 Å². The number of aromatic nitrogens is 2. The predicted octanol–water partition coefficient (Wildman–Crippen LogP) is 0.632. The normalized spacial score (nSPS) is 12.4. The number of aliphatic hydroxyl groups excluding tert-OH is 1. The Kier molecular flexibility index (Phi) is 4.12. The second-order valence-corrected chi connectivity index (χ2v) is 3.26. The lowest BCUT2D eigenvalue weighted by molar-refractivity contribution is 0.183. The lowest BCUT2D eigenvalue weighted by atomic mass is 10.2. The van der Waals surface area contributed by atoms with E-state index in [1.54, 1.807) is 19.3 Å². The highest BCUT2D eigenvalue weighted by Crippen LogP contribution is 2.01. The fourth-order valence-electron chi connectivity index (χ4n) is 1.03. The fraction of sp³-hybridized carbons (Fsp3) is 0.556. The number of hydrogen-bond acceptors (Lipinski definition) is 5. The Morgan fingerprint density at radius 2 is 2.14 bits per heavy atom. The van der Waals surface area contributed by atoms with E-state index in [9.17, 15) is 0 Å². The maximum Gasteiger partial charge on any atom is 0.222 e. The maximum atomic E-state index is 9.01. The molecule has 0 aliphatic carbocycles. The van der Waals surface area contributed by atoms with Crippen molar-refractivity contribution >= 4 is 11.6 Å². The molecule has 0 saturated carbocycles. The van der Waals surface area contributed by atoms with Gasteiger partial charge in [0.1, 0.15) is 0 Å². The highest BCUT2D eigenvalue weighted by atomic mass is 16.3. The van der Waals surface area contributed by atoms with Crippen molar-refractivity contribution in [3.05, 3.63) is 12.4 Å². The van der Waals surface area contributed by atoms with Gasteiger partial charge in [-0.15, -0.1) is 0 Å². The molecule has 1 aromatic rings. The van der Waals surface area contributed by atoms with E-state index in [1.165, 1.54) is 0 Å². The van der Waals surface area contributed by atoms with E-state index in [0.29, 0.717) is 11.6 Å². The van der Waals surface area contributed by atoms with Gasteiger partial charge in [0.05, 0.1) is 24.2 Å². The van der Waals surface area contributed by atoms with Crippen LogP contribution in [0.5, 0.6) is 0 Å². The summed E-state index contributed by atoms with van der Waals surface area (Å²) in [6.07, 6.45) is 4.55. The molecular formula is C9H16N4O. The van der Waals surface area contributed by atoms with Gasteiger partial charge in [0.2, 0.25) is 5.95 Å². The summed E-state index contributed by atoms with van der Waals surface area (Å²) >= 11 is 0. The van der Waals surface area contributed by atoms with Crippen molar-refractivity contribution in [1.29, 1.82) is 0 Å². The van der Waals surface area contributed by atoms with Crippen LogP contribution in [0, 0.1) is 0 Å². The fourth-order valence-corrected chi connectivity index (χ4v) is 1.03. The van der Waals surface area contributed by atoms with Crippen molar-refractivity contribution in [3.63, 3.8) is 0 Å². The summed E-state index contributed by atoms with van der Waals surface area (Å²) in [6, 6.07) is 0. The molecule has 5 heteroatoms. The SMILES string of the molecule is CC(O)CCCNc1ncc(N)cn1. The molecule has 1 rings (SSSR count). The van der Waals surface area contributed by atoms with Gasteiger partial charge in [-0.25, -0.2) is 9.97 Å². The quantitative estimate of drug-likeness (QED) is 0.601. The van der Waals surface area contributed by atoms with Gasteiger partial charge in [0, 0.05) is 6.54 Å². The van der Waals surface area contributed by atoms with Gasteiger partial charge < -0.3 is 16.2 Å². The monoisotopic (exact) mass is 196 g/mol. The first kappa shape index (κ1) is 10.7. The van der Waals surface area contributed by atoms with E-state index >= 15 is 0 Å². The first-order chi connectivity index (χ1) is 6.68. The third-order valence-electron chi connectivity index (χ3n) is 1.75.